The van der Waals surface area contributed by atoms with E-state index in [9.17, 15) is 0 Å². The summed E-state index contributed by atoms with van der Waals surface area (Å²) < 4.78 is 10.9. The van der Waals surface area contributed by atoms with Gasteiger partial charge in [0.1, 0.15) is 12.5 Å². The smallest absolute Gasteiger partial charge is 0.256 e. The molecule has 2 unspecified atom stereocenters. The second kappa shape index (κ2) is 1.47. The maximum atomic E-state index is 5.46. The lowest BCUT2D eigenvalue weighted by Gasteiger charge is -2.23. The summed E-state index contributed by atoms with van der Waals surface area (Å²) in [6, 6.07) is 0. The van der Waals surface area contributed by atoms with Gasteiger partial charge in [-0.2, -0.15) is 0 Å². The van der Waals surface area contributed by atoms with E-state index in [1.165, 1.54) is 12.0 Å². The van der Waals surface area contributed by atoms with Crippen LogP contribution in [0.15, 0.2) is 24.7 Å². The zero-order valence-corrected chi connectivity index (χ0v) is 6.25. The fraction of sp³-hybridized carbons (Fsp3) is 0.556. The molecule has 0 radical (unpaired) electrons. The first-order valence-corrected chi connectivity index (χ1v) is 4.03. The Morgan fingerprint density at radius 2 is 2.18 bits per heavy atom. The lowest BCUT2D eigenvalue weighted by atomic mass is 10.1. The van der Waals surface area contributed by atoms with Gasteiger partial charge < -0.3 is 9.47 Å². The van der Waals surface area contributed by atoms with Crippen molar-refractivity contribution in [2.24, 2.45) is 11.8 Å². The summed E-state index contributed by atoms with van der Waals surface area (Å²) in [4.78, 5) is 0. The summed E-state index contributed by atoms with van der Waals surface area (Å²) in [5, 5.41) is 0. The number of hydrogen-bond acceptors (Lipinski definition) is 2. The van der Waals surface area contributed by atoms with Crippen molar-refractivity contribution in [2.45, 2.75) is 18.6 Å². The predicted molar refractivity (Wildman–Crippen MR) is 39.4 cm³/mol. The highest BCUT2D eigenvalue weighted by Crippen LogP contribution is 2.63. The Balaban J connectivity index is 1.94. The number of hydrogen-bond donors (Lipinski definition) is 0. The third-order valence-electron chi connectivity index (χ3n) is 3.04. The minimum absolute atomic E-state index is 0.318. The number of rotatable bonds is 0. The first-order valence-electron chi connectivity index (χ1n) is 4.03. The van der Waals surface area contributed by atoms with E-state index in [4.69, 9.17) is 9.47 Å². The zero-order chi connectivity index (χ0) is 7.47. The number of fused-ring (bicyclic) bond motifs is 2. The highest BCUT2D eigenvalue weighted by Gasteiger charge is 2.65. The summed E-state index contributed by atoms with van der Waals surface area (Å²) in [7, 11) is 0. The highest BCUT2D eigenvalue weighted by molar-refractivity contribution is 5.34. The molecule has 0 N–H and O–H groups in total. The highest BCUT2D eigenvalue weighted by atomic mass is 16.7. The Bertz CT molecular complexity index is 246. The van der Waals surface area contributed by atoms with Gasteiger partial charge in [0, 0.05) is 6.42 Å². The normalized spacial score (nSPS) is 42.0. The largest absolute Gasteiger partial charge is 0.456 e. The molecule has 0 bridgehead atoms. The third kappa shape index (κ3) is 0.503. The molecule has 2 heteroatoms. The summed E-state index contributed by atoms with van der Waals surface area (Å²) >= 11 is 0. The van der Waals surface area contributed by atoms with Crippen LogP contribution in [0.2, 0.25) is 0 Å². The van der Waals surface area contributed by atoms with Gasteiger partial charge in [-0.1, -0.05) is 12.2 Å². The Kier molecular flexibility index (Phi) is 0.761. The summed E-state index contributed by atoms with van der Waals surface area (Å²) in [6.07, 6.45) is 5.50. The van der Waals surface area contributed by atoms with Crippen LogP contribution in [0, 0.1) is 11.8 Å². The SMILES string of the molecule is C=C1C2CCC3(OC=CO3)C12. The second-order valence-corrected chi connectivity index (χ2v) is 3.52. The van der Waals surface area contributed by atoms with Crippen LogP contribution in [-0.2, 0) is 9.47 Å². The van der Waals surface area contributed by atoms with Crippen molar-refractivity contribution in [3.8, 4) is 0 Å². The van der Waals surface area contributed by atoms with Crippen molar-refractivity contribution in [1.82, 2.24) is 0 Å². The molecule has 2 fully saturated rings. The molecule has 2 atom stereocenters. The standard InChI is InChI=1S/C9H10O2/c1-6-7-2-3-9(8(6)7)10-4-5-11-9/h4-5,7-8H,1-3H2. The van der Waals surface area contributed by atoms with Gasteiger partial charge in [-0.3, -0.25) is 0 Å². The first kappa shape index (κ1) is 5.70. The van der Waals surface area contributed by atoms with Crippen LogP contribution >= 0.6 is 0 Å². The van der Waals surface area contributed by atoms with E-state index in [2.05, 4.69) is 6.58 Å². The minimum atomic E-state index is -0.318. The van der Waals surface area contributed by atoms with Crippen molar-refractivity contribution >= 4 is 0 Å². The Hall–Kier alpha value is -0.920. The van der Waals surface area contributed by atoms with E-state index in [0.29, 0.717) is 11.8 Å². The first-order chi connectivity index (χ1) is 5.33. The Morgan fingerprint density at radius 1 is 1.45 bits per heavy atom. The van der Waals surface area contributed by atoms with Gasteiger partial charge in [0.05, 0.1) is 5.92 Å². The molecule has 2 nitrogen and oxygen atoms in total. The Morgan fingerprint density at radius 3 is 2.73 bits per heavy atom. The maximum Gasteiger partial charge on any atom is 0.256 e. The lowest BCUT2D eigenvalue weighted by molar-refractivity contribution is -0.147. The second-order valence-electron chi connectivity index (χ2n) is 3.52. The molecule has 3 aliphatic rings. The molecule has 0 saturated heterocycles. The van der Waals surface area contributed by atoms with Crippen LogP contribution in [-0.4, -0.2) is 5.79 Å². The van der Waals surface area contributed by atoms with Gasteiger partial charge >= 0.3 is 0 Å². The average Bonchev–Trinajstić information content (AvgIpc) is 2.52. The van der Waals surface area contributed by atoms with Gasteiger partial charge in [-0.15, -0.1) is 0 Å². The van der Waals surface area contributed by atoms with Crippen LogP contribution in [0.5, 0.6) is 0 Å². The van der Waals surface area contributed by atoms with E-state index in [-0.39, 0.29) is 5.79 Å². The van der Waals surface area contributed by atoms with Crippen molar-refractivity contribution < 1.29 is 9.47 Å². The zero-order valence-electron chi connectivity index (χ0n) is 6.25. The molecule has 1 aliphatic heterocycles. The van der Waals surface area contributed by atoms with Gasteiger partial charge in [-0.05, 0) is 12.3 Å². The van der Waals surface area contributed by atoms with E-state index < -0.39 is 0 Å². The predicted octanol–water partition coefficient (Wildman–Crippen LogP) is 1.80. The molecular formula is C9H10O2. The molecule has 0 aromatic heterocycles. The van der Waals surface area contributed by atoms with E-state index in [1.807, 2.05) is 0 Å². The van der Waals surface area contributed by atoms with Crippen LogP contribution in [0.1, 0.15) is 12.8 Å². The van der Waals surface area contributed by atoms with E-state index in [1.54, 1.807) is 12.5 Å². The molecule has 2 saturated carbocycles. The number of ether oxygens (including phenoxy) is 2. The fourth-order valence-corrected chi connectivity index (χ4v) is 2.41. The van der Waals surface area contributed by atoms with Crippen LogP contribution in [0.4, 0.5) is 0 Å². The van der Waals surface area contributed by atoms with Crippen LogP contribution in [0.25, 0.3) is 0 Å². The summed E-state index contributed by atoms with van der Waals surface area (Å²) in [5.41, 5.74) is 1.32. The molecule has 1 heterocycles. The fourth-order valence-electron chi connectivity index (χ4n) is 2.41. The molecule has 11 heavy (non-hydrogen) atoms. The molecule has 0 aromatic rings. The van der Waals surface area contributed by atoms with Crippen molar-refractivity contribution in [3.63, 3.8) is 0 Å². The van der Waals surface area contributed by atoms with Crippen LogP contribution in [0.3, 0.4) is 0 Å². The summed E-state index contributed by atoms with van der Waals surface area (Å²) in [5.74, 6) is 0.856. The van der Waals surface area contributed by atoms with Crippen molar-refractivity contribution in [1.29, 1.82) is 0 Å². The van der Waals surface area contributed by atoms with Gasteiger partial charge in [0.25, 0.3) is 5.79 Å². The van der Waals surface area contributed by atoms with E-state index >= 15 is 0 Å². The lowest BCUT2D eigenvalue weighted by Crippen LogP contribution is -2.29. The van der Waals surface area contributed by atoms with E-state index in [0.717, 1.165) is 6.42 Å². The molecule has 1 spiro atoms. The Labute approximate surface area is 65.5 Å². The van der Waals surface area contributed by atoms with Gasteiger partial charge in [0.2, 0.25) is 0 Å². The molecule has 0 amide bonds. The molecular weight excluding hydrogens is 140 g/mol. The third-order valence-corrected chi connectivity index (χ3v) is 3.04. The minimum Gasteiger partial charge on any atom is -0.456 e. The monoisotopic (exact) mass is 150 g/mol. The maximum absolute atomic E-state index is 5.46. The topological polar surface area (TPSA) is 18.5 Å². The molecule has 0 aromatic carbocycles. The van der Waals surface area contributed by atoms with Crippen molar-refractivity contribution in [3.05, 3.63) is 24.7 Å². The molecule has 3 rings (SSSR count). The van der Waals surface area contributed by atoms with Crippen LogP contribution < -0.4 is 0 Å². The average molecular weight is 150 g/mol. The quantitative estimate of drug-likeness (QED) is 0.490. The van der Waals surface area contributed by atoms with Gasteiger partial charge in [0.15, 0.2) is 0 Å². The molecule has 2 aliphatic carbocycles. The summed E-state index contributed by atoms with van der Waals surface area (Å²) in [6.45, 7) is 3.98. The van der Waals surface area contributed by atoms with Gasteiger partial charge in [-0.25, -0.2) is 0 Å². The van der Waals surface area contributed by atoms with Crippen molar-refractivity contribution in [2.75, 3.05) is 0 Å². The molecule has 58 valence electrons.